The molecule has 0 bridgehead atoms. The van der Waals surface area contributed by atoms with E-state index < -0.39 is 0 Å². The van der Waals surface area contributed by atoms with Gasteiger partial charge in [-0.25, -0.2) is 0 Å². The SMILES string of the molecule is CCC(CC(C)c1ccc(N(c2ccccc2)c2ccccc2)cc1)c1ccc2c(c1)c1ccccc1n2C. The first-order valence-corrected chi connectivity index (χ1v) is 14.1. The van der Waals surface area contributed by atoms with Gasteiger partial charge in [-0.15, -0.1) is 0 Å². The number of nitrogens with zero attached hydrogens (tertiary/aromatic N) is 2. The summed E-state index contributed by atoms with van der Waals surface area (Å²) in [6.45, 7) is 4.70. The van der Waals surface area contributed by atoms with Gasteiger partial charge in [0.2, 0.25) is 0 Å². The summed E-state index contributed by atoms with van der Waals surface area (Å²) in [6.07, 6.45) is 2.27. The summed E-state index contributed by atoms with van der Waals surface area (Å²) in [5.74, 6) is 0.988. The van der Waals surface area contributed by atoms with Crippen LogP contribution in [-0.4, -0.2) is 4.57 Å². The summed E-state index contributed by atoms with van der Waals surface area (Å²) >= 11 is 0. The summed E-state index contributed by atoms with van der Waals surface area (Å²) in [4.78, 5) is 2.32. The molecule has 1 heterocycles. The van der Waals surface area contributed by atoms with Crippen molar-refractivity contribution in [1.82, 2.24) is 4.57 Å². The van der Waals surface area contributed by atoms with Crippen LogP contribution in [0, 0.1) is 0 Å². The lowest BCUT2D eigenvalue weighted by Crippen LogP contribution is -2.10. The van der Waals surface area contributed by atoms with E-state index in [1.807, 2.05) is 0 Å². The standard InChI is InChI=1S/C37H36N2/c1-4-28(30-21-24-37-35(26-30)34-17-11-12-18-36(34)38(37)3)25-27(2)29-19-22-33(23-20-29)39(31-13-7-5-8-14-31)32-15-9-6-10-16-32/h5-24,26-28H,4,25H2,1-3H3. The first-order chi connectivity index (χ1) is 19.1. The monoisotopic (exact) mass is 508 g/mol. The molecule has 0 aliphatic rings. The molecular weight excluding hydrogens is 472 g/mol. The number of aryl methyl sites for hydroxylation is 1. The molecule has 39 heavy (non-hydrogen) atoms. The molecule has 5 aromatic carbocycles. The lowest BCUT2D eigenvalue weighted by Gasteiger charge is -2.26. The molecule has 0 saturated heterocycles. The summed E-state index contributed by atoms with van der Waals surface area (Å²) < 4.78 is 2.31. The molecule has 6 aromatic rings. The molecule has 0 aliphatic heterocycles. The third-order valence-corrected chi connectivity index (χ3v) is 8.29. The maximum absolute atomic E-state index is 2.44. The molecule has 0 fully saturated rings. The van der Waals surface area contributed by atoms with E-state index in [0.29, 0.717) is 11.8 Å². The lowest BCUT2D eigenvalue weighted by atomic mass is 9.84. The van der Waals surface area contributed by atoms with Crippen LogP contribution < -0.4 is 4.90 Å². The van der Waals surface area contributed by atoms with Crippen molar-refractivity contribution in [2.24, 2.45) is 7.05 Å². The number of anilines is 3. The zero-order valence-corrected chi connectivity index (χ0v) is 23.1. The van der Waals surface area contributed by atoms with E-state index in [9.17, 15) is 0 Å². The van der Waals surface area contributed by atoms with Crippen LogP contribution in [0.15, 0.2) is 127 Å². The van der Waals surface area contributed by atoms with Crippen molar-refractivity contribution < 1.29 is 0 Å². The van der Waals surface area contributed by atoms with Gasteiger partial charge in [0.25, 0.3) is 0 Å². The van der Waals surface area contributed by atoms with E-state index >= 15 is 0 Å². The molecule has 6 rings (SSSR count). The highest BCUT2D eigenvalue weighted by Gasteiger charge is 2.18. The van der Waals surface area contributed by atoms with Gasteiger partial charge in [-0.3, -0.25) is 0 Å². The highest BCUT2D eigenvalue weighted by atomic mass is 15.1. The van der Waals surface area contributed by atoms with E-state index in [-0.39, 0.29) is 0 Å². The maximum atomic E-state index is 2.44. The van der Waals surface area contributed by atoms with Gasteiger partial charge in [0.1, 0.15) is 0 Å². The van der Waals surface area contributed by atoms with Crippen molar-refractivity contribution in [1.29, 1.82) is 0 Å². The molecule has 0 spiro atoms. The summed E-state index contributed by atoms with van der Waals surface area (Å²) in [5.41, 5.74) is 8.95. The normalized spacial score (nSPS) is 13.0. The molecule has 2 unspecified atom stereocenters. The van der Waals surface area contributed by atoms with Crippen molar-refractivity contribution >= 4 is 38.9 Å². The second-order valence-electron chi connectivity index (χ2n) is 10.7. The Kier molecular flexibility index (Phi) is 6.94. The van der Waals surface area contributed by atoms with E-state index in [0.717, 1.165) is 12.8 Å². The molecule has 2 atom stereocenters. The molecule has 0 N–H and O–H groups in total. The summed E-state index contributed by atoms with van der Waals surface area (Å²) in [7, 11) is 2.17. The minimum Gasteiger partial charge on any atom is -0.344 e. The zero-order chi connectivity index (χ0) is 26.8. The number of benzene rings is 5. The second kappa shape index (κ2) is 10.8. The fraction of sp³-hybridized carbons (Fsp3) is 0.189. The number of hydrogen-bond donors (Lipinski definition) is 0. The molecule has 0 radical (unpaired) electrons. The Morgan fingerprint density at radius 2 is 1.13 bits per heavy atom. The van der Waals surface area contributed by atoms with Gasteiger partial charge < -0.3 is 9.47 Å². The Bertz CT molecular complexity index is 1640. The predicted octanol–water partition coefficient (Wildman–Crippen LogP) is 10.5. The Labute approximate surface area is 232 Å². The van der Waals surface area contributed by atoms with Gasteiger partial charge in [0.05, 0.1) is 0 Å². The minimum atomic E-state index is 0.467. The minimum absolute atomic E-state index is 0.467. The van der Waals surface area contributed by atoms with Crippen LogP contribution in [0.25, 0.3) is 21.8 Å². The van der Waals surface area contributed by atoms with E-state index in [1.54, 1.807) is 0 Å². The Morgan fingerprint density at radius 3 is 1.77 bits per heavy atom. The van der Waals surface area contributed by atoms with Crippen LogP contribution >= 0.6 is 0 Å². The highest BCUT2D eigenvalue weighted by Crippen LogP contribution is 2.38. The van der Waals surface area contributed by atoms with Crippen LogP contribution in [-0.2, 0) is 7.05 Å². The molecule has 0 aliphatic carbocycles. The number of aromatic nitrogens is 1. The van der Waals surface area contributed by atoms with Crippen LogP contribution in [0.4, 0.5) is 17.1 Å². The molecule has 2 nitrogen and oxygen atoms in total. The highest BCUT2D eigenvalue weighted by molar-refractivity contribution is 6.08. The van der Waals surface area contributed by atoms with Crippen molar-refractivity contribution in [2.45, 2.75) is 38.5 Å². The second-order valence-corrected chi connectivity index (χ2v) is 10.7. The van der Waals surface area contributed by atoms with E-state index in [1.165, 1.54) is 50.0 Å². The third kappa shape index (κ3) is 4.83. The number of rotatable bonds is 8. The average Bonchev–Trinajstić information content (AvgIpc) is 3.28. The molecule has 2 heteroatoms. The van der Waals surface area contributed by atoms with E-state index in [4.69, 9.17) is 0 Å². The summed E-state index contributed by atoms with van der Waals surface area (Å²) in [6, 6.07) is 46.2. The predicted molar refractivity (Wildman–Crippen MR) is 168 cm³/mol. The Morgan fingerprint density at radius 1 is 0.590 bits per heavy atom. The van der Waals surface area contributed by atoms with Crippen LogP contribution in [0.5, 0.6) is 0 Å². The van der Waals surface area contributed by atoms with Crippen molar-refractivity contribution in [2.75, 3.05) is 4.90 Å². The first kappa shape index (κ1) is 25.0. The third-order valence-electron chi connectivity index (χ3n) is 8.29. The quantitative estimate of drug-likeness (QED) is 0.198. The molecule has 194 valence electrons. The number of fused-ring (bicyclic) bond motifs is 3. The van der Waals surface area contributed by atoms with Gasteiger partial charge in [0.15, 0.2) is 0 Å². The Balaban J connectivity index is 1.26. The largest absolute Gasteiger partial charge is 0.344 e. The topological polar surface area (TPSA) is 8.17 Å². The molecule has 0 amide bonds. The number of para-hydroxylation sites is 3. The molecule has 0 saturated carbocycles. The smallest absolute Gasteiger partial charge is 0.0488 e. The van der Waals surface area contributed by atoms with Crippen molar-refractivity contribution in [3.63, 3.8) is 0 Å². The van der Waals surface area contributed by atoms with Gasteiger partial charge >= 0.3 is 0 Å². The maximum Gasteiger partial charge on any atom is 0.0488 e. The van der Waals surface area contributed by atoms with Gasteiger partial charge in [-0.2, -0.15) is 0 Å². The van der Waals surface area contributed by atoms with Crippen molar-refractivity contribution in [3.8, 4) is 0 Å². The fourth-order valence-electron chi connectivity index (χ4n) is 6.09. The lowest BCUT2D eigenvalue weighted by molar-refractivity contribution is 0.545. The van der Waals surface area contributed by atoms with Gasteiger partial charge in [-0.1, -0.05) is 86.6 Å². The van der Waals surface area contributed by atoms with Crippen LogP contribution in [0.3, 0.4) is 0 Å². The average molecular weight is 509 g/mol. The van der Waals surface area contributed by atoms with Crippen LogP contribution in [0.2, 0.25) is 0 Å². The zero-order valence-electron chi connectivity index (χ0n) is 23.1. The van der Waals surface area contributed by atoms with Gasteiger partial charge in [-0.05, 0) is 90.4 Å². The van der Waals surface area contributed by atoms with Gasteiger partial charge in [0, 0.05) is 45.9 Å². The molecule has 1 aromatic heterocycles. The molecular formula is C37H36N2. The summed E-state index contributed by atoms with van der Waals surface area (Å²) in [5, 5.41) is 2.71. The number of hydrogen-bond acceptors (Lipinski definition) is 1. The van der Waals surface area contributed by atoms with E-state index in [2.05, 4.69) is 158 Å². The van der Waals surface area contributed by atoms with Crippen LogP contribution in [0.1, 0.15) is 49.7 Å². The Hall–Kier alpha value is -4.30. The van der Waals surface area contributed by atoms with Crippen molar-refractivity contribution in [3.05, 3.63) is 139 Å². The first-order valence-electron chi connectivity index (χ1n) is 14.1. The fourth-order valence-corrected chi connectivity index (χ4v) is 6.09.